The largest absolute Gasteiger partial charge is 0.495 e. The fraction of sp³-hybridized carbons (Fsp3) is 0.364. The molecule has 0 saturated carbocycles. The van der Waals surface area contributed by atoms with Crippen LogP contribution in [0.25, 0.3) is 0 Å². The van der Waals surface area contributed by atoms with Crippen molar-refractivity contribution >= 4 is 75.1 Å². The van der Waals surface area contributed by atoms with Crippen molar-refractivity contribution < 1.29 is 62.3 Å². The summed E-state index contributed by atoms with van der Waals surface area (Å²) in [6.45, 7) is 0. The number of imide groups is 2. The van der Waals surface area contributed by atoms with Crippen LogP contribution in [0.5, 0.6) is 11.5 Å². The molecule has 0 N–H and O–H groups in total. The topological polar surface area (TPSA) is 249 Å². The summed E-state index contributed by atoms with van der Waals surface area (Å²) in [6.07, 6.45) is 0. The predicted molar refractivity (Wildman–Crippen MR) is 251 cm³/mol. The van der Waals surface area contributed by atoms with Gasteiger partial charge in [0.25, 0.3) is 11.8 Å². The van der Waals surface area contributed by atoms with Gasteiger partial charge in [-0.2, -0.15) is 0 Å². The molecule has 0 spiro atoms. The zero-order valence-corrected chi connectivity index (χ0v) is 42.7. The van der Waals surface area contributed by atoms with Crippen LogP contribution >= 0.6 is 0 Å². The Hall–Kier alpha value is -5.68. The molecule has 4 heterocycles. The average Bonchev–Trinajstić information content (AvgIpc) is 3.99. The van der Waals surface area contributed by atoms with Crippen molar-refractivity contribution in [1.29, 1.82) is 0 Å². The zero-order chi connectivity index (χ0) is 51.5. The van der Waals surface area contributed by atoms with Crippen LogP contribution in [0, 0.1) is 11.8 Å². The number of hydrazine groups is 1. The number of methoxy groups -OCH3 is 2. The first-order chi connectivity index (χ1) is 32.7. The van der Waals surface area contributed by atoms with Crippen molar-refractivity contribution in [2.45, 2.75) is 43.7 Å². The summed E-state index contributed by atoms with van der Waals surface area (Å²) in [5, 5.41) is 2.85. The molecule has 6 atom stereocenters. The minimum atomic E-state index is -4.29. The fourth-order valence-corrected chi connectivity index (χ4v) is 13.5. The van der Waals surface area contributed by atoms with Gasteiger partial charge in [0.1, 0.15) is 33.4 Å². The second kappa shape index (κ2) is 17.6. The lowest BCUT2D eigenvalue weighted by molar-refractivity contribution is -0.136. The monoisotopic (exact) mass is 1040 g/mol. The number of carbonyl (C=O) groups is 4. The SMILES string of the molecule is COc1ccc(C2C3C(=O)N(c4ccc(S(=O)(=O)N(C)C)cc4)C(=O)C3N3C(c4ccc(OC)c(S(=O)(=O)N(C)C)c4)C4C(=O)N(c5ccc(S(=O)(=O)N(C)C)cc5)C(=O)C4N23)cc1S(=O)(=O)N(C)C. The van der Waals surface area contributed by atoms with Gasteiger partial charge in [-0.15, -0.1) is 0 Å². The molecule has 4 aliphatic heterocycles. The van der Waals surface area contributed by atoms with Gasteiger partial charge in [0.05, 0.1) is 59.3 Å². The van der Waals surface area contributed by atoms with Gasteiger partial charge in [-0.1, -0.05) is 12.1 Å². The lowest BCUT2D eigenvalue weighted by Crippen LogP contribution is -2.50. The highest BCUT2D eigenvalue weighted by Gasteiger charge is 2.74. The molecule has 4 aliphatic rings. The molecule has 0 bridgehead atoms. The van der Waals surface area contributed by atoms with Gasteiger partial charge in [0.2, 0.25) is 51.9 Å². The van der Waals surface area contributed by atoms with Crippen molar-refractivity contribution in [2.75, 3.05) is 80.4 Å². The molecule has 22 nitrogen and oxygen atoms in total. The number of sulfonamides is 4. The molecule has 0 radical (unpaired) electrons. The Labute approximate surface area is 406 Å². The first-order valence-electron chi connectivity index (χ1n) is 21.3. The second-order valence-corrected chi connectivity index (χ2v) is 26.1. The van der Waals surface area contributed by atoms with Crippen LogP contribution in [-0.4, -0.2) is 167 Å². The zero-order valence-electron chi connectivity index (χ0n) is 39.5. The Morgan fingerprint density at radius 1 is 0.400 bits per heavy atom. The summed E-state index contributed by atoms with van der Waals surface area (Å²) < 4.78 is 123. The van der Waals surface area contributed by atoms with E-state index >= 15 is 19.2 Å². The maximum absolute atomic E-state index is 15.3. The molecule has 4 fully saturated rings. The molecule has 4 aromatic rings. The molecule has 26 heteroatoms. The van der Waals surface area contributed by atoms with Crippen LogP contribution < -0.4 is 19.3 Å². The highest BCUT2D eigenvalue weighted by molar-refractivity contribution is 7.90. The van der Waals surface area contributed by atoms with E-state index in [1.807, 2.05) is 0 Å². The molecule has 4 aromatic carbocycles. The molecule has 70 heavy (non-hydrogen) atoms. The normalized spacial score (nSPS) is 23.3. The Balaban J connectivity index is 1.38. The molecular weight excluding hydrogens is 993 g/mol. The van der Waals surface area contributed by atoms with E-state index in [1.165, 1.54) is 166 Å². The number of rotatable bonds is 14. The van der Waals surface area contributed by atoms with Crippen molar-refractivity contribution in [2.24, 2.45) is 11.8 Å². The summed E-state index contributed by atoms with van der Waals surface area (Å²) >= 11 is 0. The number of amides is 4. The highest BCUT2D eigenvalue weighted by Crippen LogP contribution is 2.60. The first kappa shape index (κ1) is 50.7. The van der Waals surface area contributed by atoms with E-state index in [0.29, 0.717) is 0 Å². The third-order valence-electron chi connectivity index (χ3n) is 13.0. The molecule has 374 valence electrons. The average molecular weight is 1040 g/mol. The third-order valence-corrected chi connectivity index (χ3v) is 20.4. The van der Waals surface area contributed by atoms with Gasteiger partial charge in [-0.3, -0.25) is 19.2 Å². The van der Waals surface area contributed by atoms with E-state index < -0.39 is 99.7 Å². The van der Waals surface area contributed by atoms with Crippen LogP contribution in [0.15, 0.2) is 105 Å². The smallest absolute Gasteiger partial charge is 0.253 e. The summed E-state index contributed by atoms with van der Waals surface area (Å²) in [5.41, 5.74) is 0.179. The summed E-state index contributed by atoms with van der Waals surface area (Å²) in [5.74, 6) is -6.41. The van der Waals surface area contributed by atoms with E-state index in [1.54, 1.807) is 0 Å². The third kappa shape index (κ3) is 7.54. The second-order valence-electron chi connectivity index (χ2n) is 17.6. The predicted octanol–water partition coefficient (Wildman–Crippen LogP) is 1.15. The number of anilines is 2. The Kier molecular flexibility index (Phi) is 12.7. The van der Waals surface area contributed by atoms with Gasteiger partial charge in [0, 0.05) is 56.4 Å². The number of hydrogen-bond donors (Lipinski definition) is 0. The van der Waals surface area contributed by atoms with E-state index in [0.717, 1.165) is 27.0 Å². The van der Waals surface area contributed by atoms with E-state index in [2.05, 4.69) is 0 Å². The molecule has 0 aromatic heterocycles. The molecule has 0 aliphatic carbocycles. The number of hydrogen-bond acceptors (Lipinski definition) is 16. The Bertz CT molecular complexity index is 3090. The van der Waals surface area contributed by atoms with Crippen molar-refractivity contribution in [1.82, 2.24) is 27.2 Å². The van der Waals surface area contributed by atoms with Crippen LogP contribution in [0.2, 0.25) is 0 Å². The number of benzene rings is 4. The summed E-state index contributed by atoms with van der Waals surface area (Å²) in [6, 6.07) is 12.4. The van der Waals surface area contributed by atoms with Gasteiger partial charge >= 0.3 is 0 Å². The molecule has 8 rings (SSSR count). The lowest BCUT2D eigenvalue weighted by atomic mass is 9.84. The molecular formula is C44H50N8O14S4. The molecule has 4 saturated heterocycles. The van der Waals surface area contributed by atoms with Crippen LogP contribution in [0.3, 0.4) is 0 Å². The fourth-order valence-electron chi connectivity index (χ4n) is 9.51. The number of carbonyl (C=O) groups excluding carboxylic acids is 4. The minimum absolute atomic E-state index is 0.0178. The molecule has 4 amide bonds. The standard InChI is InChI=1S/C44H50N8O14S4/c1-45(2)67(57,58)29-17-13-27(14-18-29)49-41(53)35-37(25-11-21-31(65-9)33(23-25)69(61,62)47(5)6)52-40-36(42(54)50(44(40)56)28-15-19-30(20-16-28)68(59,60)46(3)4)38(51(52)39(35)43(49)55)26-12-22-32(66-10)34(24-26)70(63,64)48(7)8/h11-24,35-40H,1-10H3. The van der Waals surface area contributed by atoms with Crippen molar-refractivity contribution in [3.05, 3.63) is 96.1 Å². The summed E-state index contributed by atoms with van der Waals surface area (Å²) in [7, 11) is -3.39. The van der Waals surface area contributed by atoms with Crippen LogP contribution in [0.4, 0.5) is 11.4 Å². The maximum atomic E-state index is 15.3. The lowest BCUT2D eigenvalue weighted by Gasteiger charge is -2.36. The van der Waals surface area contributed by atoms with Gasteiger partial charge in [-0.25, -0.2) is 70.7 Å². The Morgan fingerprint density at radius 3 is 0.971 bits per heavy atom. The van der Waals surface area contributed by atoms with Crippen molar-refractivity contribution in [3.8, 4) is 11.5 Å². The quantitative estimate of drug-likeness (QED) is 0.161. The van der Waals surface area contributed by atoms with Gasteiger partial charge < -0.3 is 9.47 Å². The first-order valence-corrected chi connectivity index (χ1v) is 27.0. The Morgan fingerprint density at radius 2 is 0.700 bits per heavy atom. The van der Waals surface area contributed by atoms with Crippen LogP contribution in [-0.2, 0) is 59.3 Å². The van der Waals surface area contributed by atoms with Crippen molar-refractivity contribution in [3.63, 3.8) is 0 Å². The molecule has 6 unspecified atom stereocenters. The van der Waals surface area contributed by atoms with Crippen LogP contribution in [0.1, 0.15) is 23.2 Å². The van der Waals surface area contributed by atoms with E-state index in [9.17, 15) is 33.7 Å². The van der Waals surface area contributed by atoms with Gasteiger partial charge in [0.15, 0.2) is 0 Å². The maximum Gasteiger partial charge on any atom is 0.253 e. The summed E-state index contributed by atoms with van der Waals surface area (Å²) in [4.78, 5) is 61.9. The minimum Gasteiger partial charge on any atom is -0.495 e. The van der Waals surface area contributed by atoms with E-state index in [-0.39, 0.29) is 53.6 Å². The van der Waals surface area contributed by atoms with E-state index in [4.69, 9.17) is 9.47 Å². The number of nitrogens with zero attached hydrogens (tertiary/aromatic N) is 8. The number of ether oxygens (including phenoxy) is 2. The van der Waals surface area contributed by atoms with Gasteiger partial charge in [-0.05, 0) is 83.9 Å². The highest BCUT2D eigenvalue weighted by atomic mass is 32.2. The number of fused-ring (bicyclic) bond motifs is 5.